The molecule has 22 heavy (non-hydrogen) atoms. The van der Waals surface area contributed by atoms with Crippen LogP contribution in [0.15, 0.2) is 60.8 Å². The number of aromatic nitrogens is 1. The van der Waals surface area contributed by atoms with Crippen LogP contribution in [0.1, 0.15) is 30.5 Å². The lowest BCUT2D eigenvalue weighted by Gasteiger charge is -2.24. The summed E-state index contributed by atoms with van der Waals surface area (Å²) in [6.45, 7) is 6.71. The molecule has 1 heteroatoms. The quantitative estimate of drug-likeness (QED) is 0.586. The zero-order valence-corrected chi connectivity index (χ0v) is 13.2. The van der Waals surface area contributed by atoms with Crippen molar-refractivity contribution in [3.63, 3.8) is 0 Å². The van der Waals surface area contributed by atoms with E-state index in [1.165, 1.54) is 33.4 Å². The molecule has 3 aromatic rings. The summed E-state index contributed by atoms with van der Waals surface area (Å²) >= 11 is 0. The lowest BCUT2D eigenvalue weighted by molar-refractivity contribution is 0.662. The minimum absolute atomic E-state index is 0.00901. The van der Waals surface area contributed by atoms with Gasteiger partial charge in [0.05, 0.1) is 5.69 Å². The third kappa shape index (κ3) is 1.75. The van der Waals surface area contributed by atoms with E-state index in [9.17, 15) is 0 Å². The standard InChI is InChI=1S/C21H19N/c1-14-11-12-19(22-13-14)17-9-6-8-16-15-7-4-5-10-18(15)21(2,3)20(16)17/h4-13H,1-3H3. The van der Waals surface area contributed by atoms with E-state index in [4.69, 9.17) is 0 Å². The van der Waals surface area contributed by atoms with Crippen LogP contribution in [-0.2, 0) is 5.41 Å². The van der Waals surface area contributed by atoms with E-state index in [1.54, 1.807) is 0 Å². The largest absolute Gasteiger partial charge is 0.256 e. The highest BCUT2D eigenvalue weighted by Gasteiger charge is 2.37. The fraction of sp³-hybridized carbons (Fsp3) is 0.190. The second kappa shape index (κ2) is 4.54. The minimum Gasteiger partial charge on any atom is -0.256 e. The average molecular weight is 285 g/mol. The first-order valence-corrected chi connectivity index (χ1v) is 7.75. The van der Waals surface area contributed by atoms with Crippen LogP contribution in [0, 0.1) is 6.92 Å². The van der Waals surface area contributed by atoms with Crippen LogP contribution in [0.3, 0.4) is 0 Å². The van der Waals surface area contributed by atoms with Gasteiger partial charge in [0.15, 0.2) is 0 Å². The molecule has 1 aliphatic carbocycles. The van der Waals surface area contributed by atoms with Gasteiger partial charge in [0.1, 0.15) is 0 Å². The summed E-state index contributed by atoms with van der Waals surface area (Å²) in [5, 5.41) is 0. The van der Waals surface area contributed by atoms with E-state index in [0.717, 1.165) is 5.69 Å². The summed E-state index contributed by atoms with van der Waals surface area (Å²) in [7, 11) is 0. The smallest absolute Gasteiger partial charge is 0.0705 e. The van der Waals surface area contributed by atoms with Gasteiger partial charge in [-0.1, -0.05) is 62.4 Å². The van der Waals surface area contributed by atoms with Crippen molar-refractivity contribution in [1.29, 1.82) is 0 Å². The second-order valence-electron chi connectivity index (χ2n) is 6.62. The first kappa shape index (κ1) is 13.3. The molecule has 1 aliphatic rings. The highest BCUT2D eigenvalue weighted by molar-refractivity contribution is 5.87. The van der Waals surface area contributed by atoms with Crippen LogP contribution in [0.2, 0.25) is 0 Å². The number of nitrogens with zero attached hydrogens (tertiary/aromatic N) is 1. The Balaban J connectivity index is 2.02. The molecular weight excluding hydrogens is 266 g/mol. The summed E-state index contributed by atoms with van der Waals surface area (Å²) < 4.78 is 0. The number of aryl methyl sites for hydroxylation is 1. The van der Waals surface area contributed by atoms with Gasteiger partial charge >= 0.3 is 0 Å². The zero-order valence-electron chi connectivity index (χ0n) is 13.2. The van der Waals surface area contributed by atoms with Crippen LogP contribution in [0.25, 0.3) is 22.4 Å². The van der Waals surface area contributed by atoms with Gasteiger partial charge in [-0.2, -0.15) is 0 Å². The van der Waals surface area contributed by atoms with Crippen LogP contribution in [-0.4, -0.2) is 4.98 Å². The van der Waals surface area contributed by atoms with Crippen molar-refractivity contribution in [3.05, 3.63) is 77.5 Å². The third-order valence-electron chi connectivity index (χ3n) is 4.77. The summed E-state index contributed by atoms with van der Waals surface area (Å²) in [6, 6.07) is 19.6. The summed E-state index contributed by atoms with van der Waals surface area (Å²) in [5.74, 6) is 0. The van der Waals surface area contributed by atoms with Gasteiger partial charge < -0.3 is 0 Å². The van der Waals surface area contributed by atoms with Gasteiger partial charge in [-0.15, -0.1) is 0 Å². The molecule has 0 N–H and O–H groups in total. The number of rotatable bonds is 1. The molecule has 1 nitrogen and oxygen atoms in total. The Labute approximate surface area is 131 Å². The summed E-state index contributed by atoms with van der Waals surface area (Å²) in [6.07, 6.45) is 1.95. The molecule has 108 valence electrons. The molecule has 0 amide bonds. The van der Waals surface area contributed by atoms with E-state index >= 15 is 0 Å². The number of hydrogen-bond donors (Lipinski definition) is 0. The Morgan fingerprint density at radius 2 is 1.50 bits per heavy atom. The van der Waals surface area contributed by atoms with Crippen LogP contribution in [0.5, 0.6) is 0 Å². The molecule has 0 bridgehead atoms. The summed E-state index contributed by atoms with van der Waals surface area (Å²) in [4.78, 5) is 4.65. The molecule has 0 aliphatic heterocycles. The average Bonchev–Trinajstić information content (AvgIpc) is 2.77. The number of fused-ring (bicyclic) bond motifs is 3. The maximum atomic E-state index is 4.65. The van der Waals surface area contributed by atoms with Crippen molar-refractivity contribution in [1.82, 2.24) is 4.98 Å². The summed E-state index contributed by atoms with van der Waals surface area (Å²) in [5.41, 5.74) is 9.02. The molecule has 1 heterocycles. The van der Waals surface area contributed by atoms with Gasteiger partial charge in [-0.25, -0.2) is 0 Å². The first-order chi connectivity index (χ1) is 10.6. The van der Waals surface area contributed by atoms with Crippen molar-refractivity contribution in [3.8, 4) is 22.4 Å². The fourth-order valence-electron chi connectivity index (χ4n) is 3.69. The molecule has 0 unspecified atom stereocenters. The van der Waals surface area contributed by atoms with E-state index in [2.05, 4.69) is 80.4 Å². The monoisotopic (exact) mass is 285 g/mol. The Bertz CT molecular complexity index is 857. The Morgan fingerprint density at radius 1 is 0.773 bits per heavy atom. The molecule has 0 saturated carbocycles. The van der Waals surface area contributed by atoms with Gasteiger partial charge in [-0.05, 0) is 40.8 Å². The van der Waals surface area contributed by atoms with E-state index < -0.39 is 0 Å². The van der Waals surface area contributed by atoms with Crippen molar-refractivity contribution in [2.45, 2.75) is 26.2 Å². The molecule has 0 atom stereocenters. The van der Waals surface area contributed by atoms with Gasteiger partial charge in [0.2, 0.25) is 0 Å². The van der Waals surface area contributed by atoms with Gasteiger partial charge in [0, 0.05) is 17.2 Å². The van der Waals surface area contributed by atoms with E-state index in [0.29, 0.717) is 0 Å². The van der Waals surface area contributed by atoms with Gasteiger partial charge in [0.25, 0.3) is 0 Å². The normalized spacial score (nSPS) is 14.5. The highest BCUT2D eigenvalue weighted by Crippen LogP contribution is 2.51. The van der Waals surface area contributed by atoms with E-state index in [-0.39, 0.29) is 5.41 Å². The molecule has 1 aromatic heterocycles. The van der Waals surface area contributed by atoms with Gasteiger partial charge in [-0.3, -0.25) is 4.98 Å². The Kier molecular flexibility index (Phi) is 2.74. The molecule has 0 spiro atoms. The van der Waals surface area contributed by atoms with Crippen molar-refractivity contribution in [2.24, 2.45) is 0 Å². The molecular formula is C21H19N. The number of benzene rings is 2. The third-order valence-corrected chi connectivity index (χ3v) is 4.77. The maximum Gasteiger partial charge on any atom is 0.0705 e. The SMILES string of the molecule is Cc1ccc(-c2cccc3c2C(C)(C)c2ccccc2-3)nc1. The predicted octanol–water partition coefficient (Wildman–Crippen LogP) is 5.36. The Hall–Kier alpha value is -2.41. The lowest BCUT2D eigenvalue weighted by Crippen LogP contribution is -2.16. The number of pyridine rings is 1. The van der Waals surface area contributed by atoms with Crippen molar-refractivity contribution >= 4 is 0 Å². The second-order valence-corrected chi connectivity index (χ2v) is 6.62. The lowest BCUT2D eigenvalue weighted by atomic mass is 9.79. The zero-order chi connectivity index (χ0) is 15.3. The molecule has 2 aromatic carbocycles. The van der Waals surface area contributed by atoms with Crippen LogP contribution in [0.4, 0.5) is 0 Å². The van der Waals surface area contributed by atoms with Crippen LogP contribution >= 0.6 is 0 Å². The topological polar surface area (TPSA) is 12.9 Å². The fourth-order valence-corrected chi connectivity index (χ4v) is 3.69. The first-order valence-electron chi connectivity index (χ1n) is 7.75. The maximum absolute atomic E-state index is 4.65. The van der Waals surface area contributed by atoms with Crippen LogP contribution < -0.4 is 0 Å². The molecule has 0 radical (unpaired) electrons. The Morgan fingerprint density at radius 3 is 2.27 bits per heavy atom. The van der Waals surface area contributed by atoms with Crippen molar-refractivity contribution in [2.75, 3.05) is 0 Å². The molecule has 4 rings (SSSR count). The number of hydrogen-bond acceptors (Lipinski definition) is 1. The molecule has 0 saturated heterocycles. The minimum atomic E-state index is 0.00901. The molecule has 0 fully saturated rings. The predicted molar refractivity (Wildman–Crippen MR) is 92.0 cm³/mol. The highest BCUT2D eigenvalue weighted by atomic mass is 14.7. The van der Waals surface area contributed by atoms with Crippen molar-refractivity contribution < 1.29 is 0 Å². The van der Waals surface area contributed by atoms with E-state index in [1.807, 2.05) is 6.20 Å².